The highest BCUT2D eigenvalue weighted by molar-refractivity contribution is 6.05. The molecule has 1 heterocycles. The lowest BCUT2D eigenvalue weighted by molar-refractivity contribution is -0.123. The lowest BCUT2D eigenvalue weighted by Crippen LogP contribution is -2.53. The van der Waals surface area contributed by atoms with Gasteiger partial charge in [0.1, 0.15) is 11.9 Å². The largest absolute Gasteiger partial charge is 0.359 e. The number of nitrogens with one attached hydrogen (secondary N) is 2. The van der Waals surface area contributed by atoms with E-state index < -0.39 is 0 Å². The van der Waals surface area contributed by atoms with Crippen LogP contribution in [0.1, 0.15) is 56.5 Å². The molecule has 2 amide bonds. The summed E-state index contributed by atoms with van der Waals surface area (Å²) in [5.74, 6) is -0.663. The maximum Gasteiger partial charge on any atom is 0.255 e. The average molecular weight is 412 g/mol. The minimum absolute atomic E-state index is 0.00421. The molecular weight excluding hydrogens is 381 g/mol. The van der Waals surface area contributed by atoms with Crippen molar-refractivity contribution >= 4 is 23.2 Å². The van der Waals surface area contributed by atoms with Crippen molar-refractivity contribution in [2.24, 2.45) is 0 Å². The summed E-state index contributed by atoms with van der Waals surface area (Å²) in [6.07, 6.45) is 2.56. The molecule has 0 radical (unpaired) electrons. The fourth-order valence-electron chi connectivity index (χ4n) is 3.64. The first kappa shape index (κ1) is 21.8. The molecule has 0 aromatic heterocycles. The predicted octanol–water partition coefficient (Wildman–Crippen LogP) is 4.52. The van der Waals surface area contributed by atoms with Gasteiger partial charge in [0, 0.05) is 29.0 Å². The van der Waals surface area contributed by atoms with Gasteiger partial charge in [-0.3, -0.25) is 9.59 Å². The van der Waals surface area contributed by atoms with Crippen LogP contribution in [0, 0.1) is 5.82 Å². The summed E-state index contributed by atoms with van der Waals surface area (Å²) in [5.41, 5.74) is 2.86. The Bertz CT molecular complexity index is 925. The molecule has 3 rings (SSSR count). The zero-order valence-corrected chi connectivity index (χ0v) is 18.1. The molecule has 6 heteroatoms. The highest BCUT2D eigenvalue weighted by atomic mass is 19.1. The van der Waals surface area contributed by atoms with Crippen molar-refractivity contribution in [2.75, 3.05) is 16.8 Å². The number of benzene rings is 2. The highest BCUT2D eigenvalue weighted by Gasteiger charge is 2.30. The molecule has 5 nitrogen and oxygen atoms in total. The molecule has 0 saturated carbocycles. The van der Waals surface area contributed by atoms with Gasteiger partial charge in [-0.25, -0.2) is 4.39 Å². The molecule has 2 aromatic rings. The van der Waals surface area contributed by atoms with E-state index in [2.05, 4.69) is 22.5 Å². The third kappa shape index (κ3) is 4.81. The van der Waals surface area contributed by atoms with E-state index in [0.717, 1.165) is 42.7 Å². The number of halogens is 1. The Morgan fingerprint density at radius 1 is 1.17 bits per heavy atom. The number of rotatable bonds is 6. The molecular formula is C24H30FN3O2. The zero-order valence-electron chi connectivity index (χ0n) is 18.1. The monoisotopic (exact) mass is 411 g/mol. The van der Waals surface area contributed by atoms with Crippen LogP contribution >= 0.6 is 0 Å². The molecule has 0 saturated heterocycles. The number of hydrogen-bond donors (Lipinski definition) is 2. The normalized spacial score (nSPS) is 14.6. The second-order valence-corrected chi connectivity index (χ2v) is 8.46. The molecule has 0 spiro atoms. The third-order valence-electron chi connectivity index (χ3n) is 5.83. The number of fused-ring (bicyclic) bond motifs is 1. The molecule has 0 fully saturated rings. The Kier molecular flexibility index (Phi) is 6.44. The SMILES string of the molecule is CCC(C)(C)NC(=O)C(C)N1CCCc2c(NC(=O)c3ccc(F)cc3)cccc21. The van der Waals surface area contributed by atoms with Crippen LogP contribution in [0.2, 0.25) is 0 Å². The number of hydrogen-bond acceptors (Lipinski definition) is 3. The molecule has 1 aliphatic heterocycles. The fraction of sp³-hybridized carbons (Fsp3) is 0.417. The van der Waals surface area contributed by atoms with Crippen LogP contribution in [-0.4, -0.2) is 29.9 Å². The Labute approximate surface area is 177 Å². The van der Waals surface area contributed by atoms with E-state index in [1.807, 2.05) is 39.0 Å². The van der Waals surface area contributed by atoms with Gasteiger partial charge in [0.25, 0.3) is 5.91 Å². The van der Waals surface area contributed by atoms with E-state index >= 15 is 0 Å². The summed E-state index contributed by atoms with van der Waals surface area (Å²) in [4.78, 5) is 27.6. The van der Waals surface area contributed by atoms with Gasteiger partial charge in [-0.2, -0.15) is 0 Å². The molecule has 0 bridgehead atoms. The highest BCUT2D eigenvalue weighted by Crippen LogP contribution is 2.34. The first-order chi connectivity index (χ1) is 14.2. The first-order valence-corrected chi connectivity index (χ1v) is 10.5. The van der Waals surface area contributed by atoms with Crippen molar-refractivity contribution in [1.29, 1.82) is 0 Å². The quantitative estimate of drug-likeness (QED) is 0.735. The smallest absolute Gasteiger partial charge is 0.255 e. The van der Waals surface area contributed by atoms with Crippen molar-refractivity contribution in [3.8, 4) is 0 Å². The number of carbonyl (C=O) groups is 2. The van der Waals surface area contributed by atoms with E-state index in [4.69, 9.17) is 0 Å². The van der Waals surface area contributed by atoms with Crippen LogP contribution in [0.5, 0.6) is 0 Å². The van der Waals surface area contributed by atoms with Gasteiger partial charge < -0.3 is 15.5 Å². The first-order valence-electron chi connectivity index (χ1n) is 10.5. The molecule has 2 aromatic carbocycles. The number of amides is 2. The summed E-state index contributed by atoms with van der Waals surface area (Å²) in [7, 11) is 0. The molecule has 1 atom stereocenters. The Hall–Kier alpha value is -2.89. The standard InChI is InChI=1S/C24H30FN3O2/c1-5-24(3,4)27-22(29)16(2)28-15-7-8-19-20(9-6-10-21(19)28)26-23(30)17-11-13-18(25)14-12-17/h6,9-14,16H,5,7-8,15H2,1-4H3,(H,26,30)(H,27,29). The number of carbonyl (C=O) groups excluding carboxylic acids is 2. The topological polar surface area (TPSA) is 61.4 Å². The van der Waals surface area contributed by atoms with Gasteiger partial charge in [0.05, 0.1) is 0 Å². The van der Waals surface area contributed by atoms with Crippen molar-refractivity contribution in [2.45, 2.75) is 58.5 Å². The van der Waals surface area contributed by atoms with Gasteiger partial charge in [-0.15, -0.1) is 0 Å². The van der Waals surface area contributed by atoms with Gasteiger partial charge >= 0.3 is 0 Å². The van der Waals surface area contributed by atoms with Crippen molar-refractivity contribution in [3.05, 3.63) is 59.4 Å². The molecule has 1 aliphatic rings. The Morgan fingerprint density at radius 2 is 1.87 bits per heavy atom. The van der Waals surface area contributed by atoms with E-state index in [1.165, 1.54) is 24.3 Å². The van der Waals surface area contributed by atoms with Gasteiger partial charge in [0.2, 0.25) is 5.91 Å². The Balaban J connectivity index is 1.82. The summed E-state index contributed by atoms with van der Waals surface area (Å²) in [6, 6.07) is 10.9. The van der Waals surface area contributed by atoms with Crippen LogP contribution in [0.3, 0.4) is 0 Å². The minimum Gasteiger partial charge on any atom is -0.359 e. The lowest BCUT2D eigenvalue weighted by atomic mass is 9.97. The summed E-state index contributed by atoms with van der Waals surface area (Å²) < 4.78 is 13.1. The summed E-state index contributed by atoms with van der Waals surface area (Å²) >= 11 is 0. The summed E-state index contributed by atoms with van der Waals surface area (Å²) in [5, 5.41) is 6.08. The third-order valence-corrected chi connectivity index (χ3v) is 5.83. The number of nitrogens with zero attached hydrogens (tertiary/aromatic N) is 1. The zero-order chi connectivity index (χ0) is 21.9. The van der Waals surface area contributed by atoms with Gasteiger partial charge in [-0.05, 0) is 82.0 Å². The van der Waals surface area contributed by atoms with Crippen LogP contribution < -0.4 is 15.5 Å². The molecule has 2 N–H and O–H groups in total. The second-order valence-electron chi connectivity index (χ2n) is 8.46. The average Bonchev–Trinajstić information content (AvgIpc) is 2.73. The van der Waals surface area contributed by atoms with E-state index in [9.17, 15) is 14.0 Å². The van der Waals surface area contributed by atoms with E-state index in [-0.39, 0.29) is 29.2 Å². The number of anilines is 2. The second kappa shape index (κ2) is 8.86. The van der Waals surface area contributed by atoms with Crippen LogP contribution in [0.4, 0.5) is 15.8 Å². The van der Waals surface area contributed by atoms with Crippen molar-refractivity contribution < 1.29 is 14.0 Å². The fourth-order valence-corrected chi connectivity index (χ4v) is 3.64. The van der Waals surface area contributed by atoms with Crippen molar-refractivity contribution in [1.82, 2.24) is 5.32 Å². The van der Waals surface area contributed by atoms with Crippen LogP contribution in [0.15, 0.2) is 42.5 Å². The maximum atomic E-state index is 13.1. The summed E-state index contributed by atoms with van der Waals surface area (Å²) in [6.45, 7) is 8.79. The molecule has 1 unspecified atom stereocenters. The van der Waals surface area contributed by atoms with E-state index in [1.54, 1.807) is 0 Å². The van der Waals surface area contributed by atoms with Gasteiger partial charge in [0.15, 0.2) is 0 Å². The van der Waals surface area contributed by atoms with E-state index in [0.29, 0.717) is 5.56 Å². The predicted molar refractivity (Wildman–Crippen MR) is 118 cm³/mol. The minimum atomic E-state index is -0.377. The lowest BCUT2D eigenvalue weighted by Gasteiger charge is -2.37. The van der Waals surface area contributed by atoms with Crippen LogP contribution in [0.25, 0.3) is 0 Å². The van der Waals surface area contributed by atoms with Crippen LogP contribution in [-0.2, 0) is 11.2 Å². The Morgan fingerprint density at radius 3 is 2.53 bits per heavy atom. The van der Waals surface area contributed by atoms with Crippen molar-refractivity contribution in [3.63, 3.8) is 0 Å². The van der Waals surface area contributed by atoms with Gasteiger partial charge in [-0.1, -0.05) is 13.0 Å². The molecule has 160 valence electrons. The molecule has 0 aliphatic carbocycles. The molecule has 30 heavy (non-hydrogen) atoms. The maximum absolute atomic E-state index is 13.1.